The van der Waals surface area contributed by atoms with Crippen LogP contribution in [0.25, 0.3) is 11.0 Å². The summed E-state index contributed by atoms with van der Waals surface area (Å²) in [6.45, 7) is 1.65. The number of hydrogen-bond donors (Lipinski definition) is 5. The number of hydrogen-bond acceptors (Lipinski definition) is 9. The summed E-state index contributed by atoms with van der Waals surface area (Å²) < 4.78 is 10.3. The number of nitrogens with one attached hydrogen (secondary N) is 1. The molecular formula is C18H23NO8. The second-order valence-corrected chi connectivity index (χ2v) is 6.18. The topological polar surface area (TPSA) is 149 Å². The zero-order valence-electron chi connectivity index (χ0n) is 15.0. The fourth-order valence-corrected chi connectivity index (χ4v) is 2.45. The van der Waals surface area contributed by atoms with Crippen LogP contribution < -0.4 is 10.9 Å². The number of carbonyl (C=O) groups is 1. The third kappa shape index (κ3) is 5.12. The van der Waals surface area contributed by atoms with Crippen molar-refractivity contribution in [3.05, 3.63) is 40.2 Å². The number of ketones is 1. The van der Waals surface area contributed by atoms with Gasteiger partial charge in [0.05, 0.1) is 19.3 Å². The fraction of sp³-hybridized carbons (Fsp3) is 0.444. The van der Waals surface area contributed by atoms with E-state index in [1.165, 1.54) is 26.0 Å². The highest BCUT2D eigenvalue weighted by atomic mass is 16.6. The molecule has 0 saturated carbocycles. The van der Waals surface area contributed by atoms with Crippen LogP contribution in [0.3, 0.4) is 0 Å². The minimum atomic E-state index is -1.52. The van der Waals surface area contributed by atoms with Crippen molar-refractivity contribution in [2.24, 2.45) is 0 Å². The molecule has 0 saturated heterocycles. The van der Waals surface area contributed by atoms with Gasteiger partial charge in [0.25, 0.3) is 0 Å². The number of aliphatic hydroxyl groups is 4. The van der Waals surface area contributed by atoms with Crippen molar-refractivity contribution in [1.29, 1.82) is 0 Å². The molecule has 9 heteroatoms. The monoisotopic (exact) mass is 381 g/mol. The number of aliphatic hydroxyl groups excluding tert-OH is 4. The van der Waals surface area contributed by atoms with Crippen LogP contribution in [0.5, 0.6) is 0 Å². The van der Waals surface area contributed by atoms with Crippen molar-refractivity contribution in [2.45, 2.75) is 38.4 Å². The van der Waals surface area contributed by atoms with Crippen LogP contribution in [-0.4, -0.2) is 64.0 Å². The summed E-state index contributed by atoms with van der Waals surface area (Å²) in [6, 6.07) is 5.16. The Kier molecular flexibility index (Phi) is 7.05. The molecule has 0 amide bonds. The lowest BCUT2D eigenvalue weighted by Crippen LogP contribution is -2.44. The molecule has 0 spiro atoms. The fourth-order valence-electron chi connectivity index (χ4n) is 2.45. The highest BCUT2D eigenvalue weighted by molar-refractivity contribution is 5.96. The molecule has 148 valence electrons. The van der Waals surface area contributed by atoms with Crippen molar-refractivity contribution in [3.8, 4) is 0 Å². The average molecular weight is 381 g/mol. The quantitative estimate of drug-likeness (QED) is 0.227. The van der Waals surface area contributed by atoms with E-state index in [-0.39, 0.29) is 11.1 Å². The van der Waals surface area contributed by atoms with Gasteiger partial charge < -0.3 is 34.9 Å². The highest BCUT2D eigenvalue weighted by Gasteiger charge is 2.25. The molecule has 2 aromatic rings. The number of carbonyl (C=O) groups excluding carboxylic acids is 1. The zero-order valence-corrected chi connectivity index (χ0v) is 15.0. The van der Waals surface area contributed by atoms with Gasteiger partial charge in [0.2, 0.25) is 0 Å². The van der Waals surface area contributed by atoms with Crippen LogP contribution in [0.2, 0.25) is 0 Å². The summed E-state index contributed by atoms with van der Waals surface area (Å²) in [5.41, 5.74) is -0.162. The number of anilines is 1. The highest BCUT2D eigenvalue weighted by Crippen LogP contribution is 2.20. The number of ether oxygens (including phenoxy) is 1. The zero-order chi connectivity index (χ0) is 20.1. The largest absolute Gasteiger partial charge is 0.422 e. The molecular weight excluding hydrogens is 358 g/mol. The normalized spacial score (nSPS) is 15.9. The molecule has 5 N–H and O–H groups in total. The molecule has 0 aliphatic rings. The summed E-state index contributed by atoms with van der Waals surface area (Å²) in [6.07, 6.45) is -3.56. The first-order valence-electron chi connectivity index (χ1n) is 8.35. The first-order chi connectivity index (χ1) is 12.8. The van der Waals surface area contributed by atoms with E-state index in [1.807, 2.05) is 0 Å². The predicted molar refractivity (Wildman–Crippen MR) is 96.6 cm³/mol. The van der Waals surface area contributed by atoms with E-state index in [0.29, 0.717) is 11.1 Å². The Morgan fingerprint density at radius 2 is 1.93 bits per heavy atom. The van der Waals surface area contributed by atoms with Gasteiger partial charge in [-0.25, -0.2) is 4.79 Å². The van der Waals surface area contributed by atoms with Crippen molar-refractivity contribution in [2.75, 3.05) is 18.5 Å². The van der Waals surface area contributed by atoms with Gasteiger partial charge in [-0.05, 0) is 32.0 Å². The van der Waals surface area contributed by atoms with Crippen molar-refractivity contribution in [1.82, 2.24) is 0 Å². The molecule has 9 nitrogen and oxygen atoms in total. The van der Waals surface area contributed by atoms with E-state index in [2.05, 4.69) is 5.32 Å². The predicted octanol–water partition coefficient (Wildman–Crippen LogP) is -0.155. The Bertz CT molecular complexity index is 847. The molecule has 0 aliphatic carbocycles. The Balaban J connectivity index is 2.21. The molecule has 0 aliphatic heterocycles. The molecule has 1 aromatic heterocycles. The third-order valence-corrected chi connectivity index (χ3v) is 4.04. The molecule has 2 rings (SSSR count). The van der Waals surface area contributed by atoms with Crippen LogP contribution in [-0.2, 0) is 4.74 Å². The van der Waals surface area contributed by atoms with Crippen LogP contribution >= 0.6 is 0 Å². The van der Waals surface area contributed by atoms with Gasteiger partial charge in [0, 0.05) is 17.1 Å². The molecule has 0 radical (unpaired) electrons. The van der Waals surface area contributed by atoms with E-state index < -0.39 is 49.2 Å². The van der Waals surface area contributed by atoms with E-state index in [1.54, 1.807) is 12.1 Å². The Morgan fingerprint density at radius 1 is 1.22 bits per heavy atom. The van der Waals surface area contributed by atoms with E-state index >= 15 is 0 Å². The third-order valence-electron chi connectivity index (χ3n) is 4.04. The SMILES string of the molecule is CC(=O)c1cc2ccc(N[C@H](CO)C(O)OC(CO)[C@@H](C)O)cc2oc1=O. The molecule has 0 fully saturated rings. The molecule has 2 unspecified atom stereocenters. The second kappa shape index (κ2) is 9.07. The van der Waals surface area contributed by atoms with Gasteiger partial charge in [-0.2, -0.15) is 0 Å². The average Bonchev–Trinajstić information content (AvgIpc) is 2.62. The second-order valence-electron chi connectivity index (χ2n) is 6.18. The van der Waals surface area contributed by atoms with Crippen LogP contribution in [0.15, 0.2) is 33.5 Å². The van der Waals surface area contributed by atoms with Crippen LogP contribution in [0.1, 0.15) is 24.2 Å². The molecule has 1 heterocycles. The van der Waals surface area contributed by atoms with Gasteiger partial charge in [-0.15, -0.1) is 0 Å². The summed E-state index contributed by atoms with van der Waals surface area (Å²) in [4.78, 5) is 23.3. The van der Waals surface area contributed by atoms with Crippen molar-refractivity contribution < 1.29 is 34.4 Å². The summed E-state index contributed by atoms with van der Waals surface area (Å²) in [5.74, 6) is -0.398. The lowest BCUT2D eigenvalue weighted by atomic mass is 10.1. The standard InChI is InChI=1S/C18H23NO8/c1-9(22)13-5-11-3-4-12(6-15(11)26-17(13)24)19-14(7-20)18(25)27-16(8-21)10(2)23/h3-6,10,14,16,18-21,23,25H,7-8H2,1-2H3/t10-,14-,16?,18?/m1/s1. The van der Waals surface area contributed by atoms with Gasteiger partial charge in [0.15, 0.2) is 12.1 Å². The number of Topliss-reactive ketones (excluding diaryl/α,β-unsaturated/α-hetero) is 1. The van der Waals surface area contributed by atoms with E-state index in [9.17, 15) is 24.9 Å². The van der Waals surface area contributed by atoms with E-state index in [0.717, 1.165) is 0 Å². The maximum atomic E-state index is 11.8. The molecule has 4 atom stereocenters. The van der Waals surface area contributed by atoms with Gasteiger partial charge >= 0.3 is 5.63 Å². The summed E-state index contributed by atoms with van der Waals surface area (Å²) in [7, 11) is 0. The number of fused-ring (bicyclic) bond motifs is 1. The van der Waals surface area contributed by atoms with Crippen LogP contribution in [0, 0.1) is 0 Å². The minimum absolute atomic E-state index is 0.0477. The lowest BCUT2D eigenvalue weighted by Gasteiger charge is -2.28. The first-order valence-corrected chi connectivity index (χ1v) is 8.35. The van der Waals surface area contributed by atoms with Crippen LogP contribution in [0.4, 0.5) is 5.69 Å². The van der Waals surface area contributed by atoms with Gasteiger partial charge in [-0.1, -0.05) is 0 Å². The summed E-state index contributed by atoms with van der Waals surface area (Å²) >= 11 is 0. The smallest absolute Gasteiger partial charge is 0.347 e. The summed E-state index contributed by atoms with van der Waals surface area (Å²) in [5, 5.41) is 41.6. The molecule has 0 bridgehead atoms. The lowest BCUT2D eigenvalue weighted by molar-refractivity contribution is -0.182. The Hall–Kier alpha value is -2.30. The Labute approximate surface area is 154 Å². The Morgan fingerprint density at radius 3 is 2.48 bits per heavy atom. The maximum absolute atomic E-state index is 11.8. The van der Waals surface area contributed by atoms with E-state index in [4.69, 9.17) is 14.3 Å². The minimum Gasteiger partial charge on any atom is -0.422 e. The van der Waals surface area contributed by atoms with Gasteiger partial charge in [0.1, 0.15) is 23.3 Å². The van der Waals surface area contributed by atoms with Gasteiger partial charge in [-0.3, -0.25) is 4.79 Å². The maximum Gasteiger partial charge on any atom is 0.347 e. The van der Waals surface area contributed by atoms with Crippen molar-refractivity contribution >= 4 is 22.4 Å². The number of benzene rings is 1. The van der Waals surface area contributed by atoms with Crippen molar-refractivity contribution in [3.63, 3.8) is 0 Å². The number of rotatable bonds is 9. The first kappa shape index (κ1) is 21.0. The molecule has 27 heavy (non-hydrogen) atoms. The molecule has 1 aromatic carbocycles.